The number of para-hydroxylation sites is 1. The Kier molecular flexibility index (Phi) is 4.42. The van der Waals surface area contributed by atoms with E-state index in [4.69, 9.17) is 9.15 Å². The molecule has 3 nitrogen and oxygen atoms in total. The molecule has 0 aliphatic rings. The number of hydrogen-bond donors (Lipinski definition) is 1. The molecule has 2 rings (SSSR count). The lowest BCUT2D eigenvalue weighted by Gasteiger charge is -2.18. The molecule has 0 aliphatic heterocycles. The van der Waals surface area contributed by atoms with Crippen LogP contribution in [-0.4, -0.2) is 13.7 Å². The second-order valence-electron chi connectivity index (χ2n) is 4.12. The van der Waals surface area contributed by atoms with Crippen LogP contribution < -0.4 is 10.1 Å². The van der Waals surface area contributed by atoms with Crippen LogP contribution in [0.15, 0.2) is 47.1 Å². The molecule has 0 spiro atoms. The molecule has 0 radical (unpaired) electrons. The minimum absolute atomic E-state index is 0.0213. The van der Waals surface area contributed by atoms with Crippen LogP contribution >= 0.6 is 0 Å². The standard InChI is InChI=1S/C15H19NO2/c1-3-10-17-13-8-5-4-7-12(13)15(16-2)14-9-6-11-18-14/h4-9,11,15-16H,3,10H2,1-2H3. The van der Waals surface area contributed by atoms with Crippen LogP contribution in [0.1, 0.15) is 30.7 Å². The van der Waals surface area contributed by atoms with Crippen LogP contribution in [0.2, 0.25) is 0 Å². The minimum atomic E-state index is 0.0213. The van der Waals surface area contributed by atoms with E-state index < -0.39 is 0 Å². The van der Waals surface area contributed by atoms with Gasteiger partial charge in [-0.15, -0.1) is 0 Å². The van der Waals surface area contributed by atoms with E-state index in [2.05, 4.69) is 18.3 Å². The Morgan fingerprint density at radius 1 is 1.22 bits per heavy atom. The maximum atomic E-state index is 5.79. The molecule has 1 aromatic carbocycles. The molecule has 96 valence electrons. The zero-order chi connectivity index (χ0) is 12.8. The molecular formula is C15H19NO2. The largest absolute Gasteiger partial charge is 0.493 e. The predicted molar refractivity (Wildman–Crippen MR) is 71.8 cm³/mol. The maximum Gasteiger partial charge on any atom is 0.125 e. The fraction of sp³-hybridized carbons (Fsp3) is 0.333. The third kappa shape index (κ3) is 2.74. The number of nitrogens with one attached hydrogen (secondary N) is 1. The highest BCUT2D eigenvalue weighted by molar-refractivity contribution is 5.39. The van der Waals surface area contributed by atoms with Gasteiger partial charge in [0.2, 0.25) is 0 Å². The van der Waals surface area contributed by atoms with Crippen molar-refractivity contribution in [3.05, 3.63) is 54.0 Å². The quantitative estimate of drug-likeness (QED) is 0.847. The molecule has 1 N–H and O–H groups in total. The summed E-state index contributed by atoms with van der Waals surface area (Å²) in [4.78, 5) is 0. The number of ether oxygens (including phenoxy) is 1. The first-order chi connectivity index (χ1) is 8.86. The van der Waals surface area contributed by atoms with Gasteiger partial charge in [0.15, 0.2) is 0 Å². The molecule has 1 heterocycles. The van der Waals surface area contributed by atoms with Gasteiger partial charge in [-0.05, 0) is 31.7 Å². The predicted octanol–water partition coefficient (Wildman–Crippen LogP) is 3.38. The van der Waals surface area contributed by atoms with E-state index in [0.717, 1.165) is 30.1 Å². The second-order valence-corrected chi connectivity index (χ2v) is 4.12. The number of rotatable bonds is 6. The van der Waals surface area contributed by atoms with Gasteiger partial charge in [0.1, 0.15) is 11.5 Å². The van der Waals surface area contributed by atoms with Crippen molar-refractivity contribution in [2.24, 2.45) is 0 Å². The summed E-state index contributed by atoms with van der Waals surface area (Å²) in [6.07, 6.45) is 2.69. The first-order valence-corrected chi connectivity index (χ1v) is 6.29. The lowest BCUT2D eigenvalue weighted by Crippen LogP contribution is -2.18. The van der Waals surface area contributed by atoms with Crippen molar-refractivity contribution in [1.29, 1.82) is 0 Å². The van der Waals surface area contributed by atoms with Gasteiger partial charge in [-0.25, -0.2) is 0 Å². The number of benzene rings is 1. The molecule has 0 saturated carbocycles. The zero-order valence-corrected chi connectivity index (χ0v) is 10.8. The highest BCUT2D eigenvalue weighted by Gasteiger charge is 2.18. The summed E-state index contributed by atoms with van der Waals surface area (Å²) in [5.74, 6) is 1.81. The summed E-state index contributed by atoms with van der Waals surface area (Å²) < 4.78 is 11.3. The Morgan fingerprint density at radius 3 is 2.72 bits per heavy atom. The summed E-state index contributed by atoms with van der Waals surface area (Å²) >= 11 is 0. The van der Waals surface area contributed by atoms with Crippen LogP contribution in [0, 0.1) is 0 Å². The summed E-state index contributed by atoms with van der Waals surface area (Å²) in [7, 11) is 1.92. The highest BCUT2D eigenvalue weighted by Crippen LogP contribution is 2.30. The average molecular weight is 245 g/mol. The fourth-order valence-electron chi connectivity index (χ4n) is 1.97. The van der Waals surface area contributed by atoms with Gasteiger partial charge in [-0.2, -0.15) is 0 Å². The third-order valence-corrected chi connectivity index (χ3v) is 2.81. The SMILES string of the molecule is CCCOc1ccccc1C(NC)c1ccco1. The number of hydrogen-bond acceptors (Lipinski definition) is 3. The summed E-state index contributed by atoms with van der Waals surface area (Å²) in [5, 5.41) is 3.26. The zero-order valence-electron chi connectivity index (χ0n) is 10.8. The molecule has 0 bridgehead atoms. The molecule has 0 fully saturated rings. The molecule has 0 aliphatic carbocycles. The normalized spacial score (nSPS) is 12.3. The Labute approximate surface area is 108 Å². The summed E-state index contributed by atoms with van der Waals surface area (Å²) in [6, 6.07) is 12.0. The molecule has 1 aromatic heterocycles. The Morgan fingerprint density at radius 2 is 2.06 bits per heavy atom. The van der Waals surface area contributed by atoms with Gasteiger partial charge in [0.25, 0.3) is 0 Å². The molecule has 1 atom stereocenters. The smallest absolute Gasteiger partial charge is 0.125 e. The van der Waals surface area contributed by atoms with Crippen molar-refractivity contribution in [1.82, 2.24) is 5.32 Å². The van der Waals surface area contributed by atoms with E-state index in [1.165, 1.54) is 0 Å². The Bertz CT molecular complexity index is 465. The Balaban J connectivity index is 2.30. The molecule has 2 aromatic rings. The van der Waals surface area contributed by atoms with E-state index in [1.807, 2.05) is 37.4 Å². The Hall–Kier alpha value is -1.74. The fourth-order valence-corrected chi connectivity index (χ4v) is 1.97. The minimum Gasteiger partial charge on any atom is -0.493 e. The molecule has 3 heteroatoms. The van der Waals surface area contributed by atoms with Gasteiger partial charge in [-0.3, -0.25) is 0 Å². The summed E-state index contributed by atoms with van der Waals surface area (Å²) in [5.41, 5.74) is 1.10. The first-order valence-electron chi connectivity index (χ1n) is 6.29. The van der Waals surface area contributed by atoms with Gasteiger partial charge in [0.05, 0.1) is 18.9 Å². The second kappa shape index (κ2) is 6.26. The van der Waals surface area contributed by atoms with E-state index >= 15 is 0 Å². The number of furan rings is 1. The van der Waals surface area contributed by atoms with Gasteiger partial charge in [0, 0.05) is 5.56 Å². The van der Waals surface area contributed by atoms with E-state index in [9.17, 15) is 0 Å². The van der Waals surface area contributed by atoms with Gasteiger partial charge in [-0.1, -0.05) is 25.1 Å². The van der Waals surface area contributed by atoms with Crippen molar-refractivity contribution in [3.63, 3.8) is 0 Å². The van der Waals surface area contributed by atoms with Crippen molar-refractivity contribution in [2.45, 2.75) is 19.4 Å². The van der Waals surface area contributed by atoms with Crippen LogP contribution in [0.25, 0.3) is 0 Å². The average Bonchev–Trinajstić information content (AvgIpc) is 2.92. The van der Waals surface area contributed by atoms with Crippen LogP contribution in [0.4, 0.5) is 0 Å². The molecule has 1 unspecified atom stereocenters. The highest BCUT2D eigenvalue weighted by atomic mass is 16.5. The molecule has 0 saturated heterocycles. The third-order valence-electron chi connectivity index (χ3n) is 2.81. The van der Waals surface area contributed by atoms with Crippen molar-refractivity contribution in [2.75, 3.05) is 13.7 Å². The lowest BCUT2D eigenvalue weighted by molar-refractivity contribution is 0.310. The topological polar surface area (TPSA) is 34.4 Å². The molecule has 18 heavy (non-hydrogen) atoms. The lowest BCUT2D eigenvalue weighted by atomic mass is 10.0. The summed E-state index contributed by atoms with van der Waals surface area (Å²) in [6.45, 7) is 2.83. The maximum absolute atomic E-state index is 5.79. The van der Waals surface area contributed by atoms with Gasteiger partial charge < -0.3 is 14.5 Å². The van der Waals surface area contributed by atoms with Gasteiger partial charge >= 0.3 is 0 Å². The van der Waals surface area contributed by atoms with Crippen LogP contribution in [0.5, 0.6) is 5.75 Å². The molecule has 0 amide bonds. The molecular weight excluding hydrogens is 226 g/mol. The van der Waals surface area contributed by atoms with Crippen LogP contribution in [0.3, 0.4) is 0 Å². The van der Waals surface area contributed by atoms with Crippen molar-refractivity contribution >= 4 is 0 Å². The van der Waals surface area contributed by atoms with E-state index in [1.54, 1.807) is 6.26 Å². The first kappa shape index (κ1) is 12.7. The van der Waals surface area contributed by atoms with Crippen LogP contribution in [-0.2, 0) is 0 Å². The van der Waals surface area contributed by atoms with Crippen molar-refractivity contribution in [3.8, 4) is 5.75 Å². The van der Waals surface area contributed by atoms with Crippen molar-refractivity contribution < 1.29 is 9.15 Å². The van der Waals surface area contributed by atoms with E-state index in [0.29, 0.717) is 0 Å². The van der Waals surface area contributed by atoms with E-state index in [-0.39, 0.29) is 6.04 Å². The monoisotopic (exact) mass is 245 g/mol.